The molecule has 1 N–H and O–H groups in total. The highest BCUT2D eigenvalue weighted by atomic mass is 16.3. The van der Waals surface area contributed by atoms with Crippen LogP contribution in [0.15, 0.2) is 77.4 Å². The largest absolute Gasteiger partial charge is 0.467 e. The van der Waals surface area contributed by atoms with Gasteiger partial charge in [-0.15, -0.1) is 0 Å². The number of aryl methyl sites for hydroxylation is 1. The fourth-order valence-corrected chi connectivity index (χ4v) is 4.13. The first kappa shape index (κ1) is 18.2. The Hall–Kier alpha value is -3.80. The number of hydrogen-bond acceptors (Lipinski definition) is 4. The Morgan fingerprint density at radius 3 is 2.53 bits per heavy atom. The Morgan fingerprint density at radius 2 is 1.77 bits per heavy atom. The van der Waals surface area contributed by atoms with E-state index in [-0.39, 0.29) is 12.1 Å². The molecule has 0 aliphatic carbocycles. The third kappa shape index (κ3) is 2.97. The van der Waals surface area contributed by atoms with E-state index >= 15 is 0 Å². The van der Waals surface area contributed by atoms with Gasteiger partial charge in [0.1, 0.15) is 11.9 Å². The molecule has 0 spiro atoms. The summed E-state index contributed by atoms with van der Waals surface area (Å²) >= 11 is 0. The summed E-state index contributed by atoms with van der Waals surface area (Å²) in [5, 5.41) is 8.35. The monoisotopic (exact) mass is 398 g/mol. The highest BCUT2D eigenvalue weighted by molar-refractivity contribution is 6.01. The van der Waals surface area contributed by atoms with E-state index < -0.39 is 0 Å². The van der Waals surface area contributed by atoms with Crippen LogP contribution >= 0.6 is 0 Å². The van der Waals surface area contributed by atoms with E-state index in [9.17, 15) is 4.79 Å². The second kappa shape index (κ2) is 7.22. The number of furan rings is 1. The number of para-hydroxylation sites is 2. The average Bonchev–Trinajstić information content (AvgIpc) is 3.38. The molecule has 30 heavy (non-hydrogen) atoms. The van der Waals surface area contributed by atoms with Crippen molar-refractivity contribution >= 4 is 11.6 Å². The number of amides is 1. The van der Waals surface area contributed by atoms with Gasteiger partial charge in [0.05, 0.1) is 29.8 Å². The quantitative estimate of drug-likeness (QED) is 0.534. The number of hydrogen-bond donors (Lipinski definition) is 1. The molecule has 2 aromatic carbocycles. The molecule has 4 aromatic rings. The van der Waals surface area contributed by atoms with Gasteiger partial charge in [-0.1, -0.05) is 30.3 Å². The Kier molecular flexibility index (Phi) is 4.39. The smallest absolute Gasteiger partial charge is 0.258 e. The van der Waals surface area contributed by atoms with E-state index in [0.29, 0.717) is 12.1 Å². The number of fused-ring (bicyclic) bond motifs is 1. The zero-order valence-electron chi connectivity index (χ0n) is 16.9. The average molecular weight is 398 g/mol. The van der Waals surface area contributed by atoms with Gasteiger partial charge in [-0.05, 0) is 50.2 Å². The van der Waals surface area contributed by atoms with Crippen molar-refractivity contribution in [3.63, 3.8) is 0 Å². The minimum absolute atomic E-state index is 0.0305. The summed E-state index contributed by atoms with van der Waals surface area (Å²) in [5.74, 6) is 0.706. The molecule has 1 aliphatic rings. The fourth-order valence-electron chi connectivity index (χ4n) is 4.13. The normalized spacial score (nSPS) is 15.7. The van der Waals surface area contributed by atoms with Crippen molar-refractivity contribution in [2.75, 3.05) is 5.32 Å². The Bertz CT molecular complexity index is 1200. The maximum absolute atomic E-state index is 13.4. The number of carbonyl (C=O) groups is 1. The second-order valence-corrected chi connectivity index (χ2v) is 7.44. The number of nitrogens with one attached hydrogen (secondary N) is 1. The standard InChI is InChI=1S/C24H22N4O2/c1-16-22(17(2)28(26-16)18-9-4-3-5-10-18)23-25-21-13-7-6-12-20(21)24(29)27(23)15-19-11-8-14-30-19/h3-14,23,25H,15H2,1-2H3/t23-/m1/s1. The molecule has 1 amide bonds. The number of aromatic nitrogens is 2. The van der Waals surface area contributed by atoms with Crippen LogP contribution in [0.25, 0.3) is 5.69 Å². The molecule has 2 aromatic heterocycles. The van der Waals surface area contributed by atoms with Crippen LogP contribution in [-0.2, 0) is 6.54 Å². The van der Waals surface area contributed by atoms with Crippen molar-refractivity contribution in [1.82, 2.24) is 14.7 Å². The number of anilines is 1. The molecule has 0 fully saturated rings. The van der Waals surface area contributed by atoms with Crippen LogP contribution in [0.1, 0.15) is 39.2 Å². The molecule has 0 radical (unpaired) electrons. The minimum atomic E-state index is -0.352. The van der Waals surface area contributed by atoms with Gasteiger partial charge in [-0.3, -0.25) is 4.79 Å². The van der Waals surface area contributed by atoms with Crippen molar-refractivity contribution in [3.05, 3.63) is 101 Å². The van der Waals surface area contributed by atoms with E-state index in [4.69, 9.17) is 9.52 Å². The van der Waals surface area contributed by atoms with Gasteiger partial charge in [0, 0.05) is 16.9 Å². The number of nitrogens with zero attached hydrogens (tertiary/aromatic N) is 3. The molecule has 6 heteroatoms. The van der Waals surface area contributed by atoms with Crippen molar-refractivity contribution in [3.8, 4) is 5.69 Å². The molecule has 150 valence electrons. The second-order valence-electron chi connectivity index (χ2n) is 7.44. The van der Waals surface area contributed by atoms with Gasteiger partial charge < -0.3 is 14.6 Å². The lowest BCUT2D eigenvalue weighted by Gasteiger charge is -2.37. The van der Waals surface area contributed by atoms with E-state index in [2.05, 4.69) is 5.32 Å². The maximum Gasteiger partial charge on any atom is 0.258 e. The lowest BCUT2D eigenvalue weighted by atomic mass is 10.0. The minimum Gasteiger partial charge on any atom is -0.467 e. The van der Waals surface area contributed by atoms with Gasteiger partial charge in [0.15, 0.2) is 0 Å². The molecule has 3 heterocycles. The van der Waals surface area contributed by atoms with Crippen LogP contribution in [0.4, 0.5) is 5.69 Å². The van der Waals surface area contributed by atoms with Gasteiger partial charge >= 0.3 is 0 Å². The van der Waals surface area contributed by atoms with Gasteiger partial charge in [-0.2, -0.15) is 5.10 Å². The predicted molar refractivity (Wildman–Crippen MR) is 114 cm³/mol. The van der Waals surface area contributed by atoms with Crippen molar-refractivity contribution < 1.29 is 9.21 Å². The summed E-state index contributed by atoms with van der Waals surface area (Å²) < 4.78 is 7.48. The van der Waals surface area contributed by atoms with E-state index in [0.717, 1.165) is 34.1 Å². The molecule has 0 saturated carbocycles. The van der Waals surface area contributed by atoms with E-state index in [1.54, 1.807) is 6.26 Å². The number of rotatable bonds is 4. The highest BCUT2D eigenvalue weighted by Crippen LogP contribution is 2.37. The van der Waals surface area contributed by atoms with Gasteiger partial charge in [-0.25, -0.2) is 4.68 Å². The Morgan fingerprint density at radius 1 is 1.00 bits per heavy atom. The van der Waals surface area contributed by atoms with Crippen molar-refractivity contribution in [2.45, 2.75) is 26.6 Å². The van der Waals surface area contributed by atoms with Gasteiger partial charge in [0.25, 0.3) is 5.91 Å². The van der Waals surface area contributed by atoms with Crippen LogP contribution < -0.4 is 5.32 Å². The first-order valence-electron chi connectivity index (χ1n) is 9.94. The zero-order chi connectivity index (χ0) is 20.7. The lowest BCUT2D eigenvalue weighted by Crippen LogP contribution is -2.42. The van der Waals surface area contributed by atoms with Crippen molar-refractivity contribution in [1.29, 1.82) is 0 Å². The molecule has 1 aliphatic heterocycles. The molecule has 0 saturated heterocycles. The van der Waals surface area contributed by atoms with Crippen LogP contribution in [0.5, 0.6) is 0 Å². The SMILES string of the molecule is Cc1nn(-c2ccccc2)c(C)c1[C@@H]1Nc2ccccc2C(=O)N1Cc1ccco1. The highest BCUT2D eigenvalue weighted by Gasteiger charge is 2.36. The molecule has 5 rings (SSSR count). The summed E-state index contributed by atoms with van der Waals surface area (Å²) in [4.78, 5) is 15.3. The van der Waals surface area contributed by atoms with Crippen LogP contribution in [0.3, 0.4) is 0 Å². The van der Waals surface area contributed by atoms with E-state index in [1.165, 1.54) is 0 Å². The number of benzene rings is 2. The third-order valence-corrected chi connectivity index (χ3v) is 5.55. The summed E-state index contributed by atoms with van der Waals surface area (Å²) in [6.45, 7) is 4.40. The topological polar surface area (TPSA) is 63.3 Å². The molecule has 0 unspecified atom stereocenters. The van der Waals surface area contributed by atoms with E-state index in [1.807, 2.05) is 90.2 Å². The molecule has 0 bridgehead atoms. The lowest BCUT2D eigenvalue weighted by molar-refractivity contribution is 0.0650. The van der Waals surface area contributed by atoms with Crippen molar-refractivity contribution in [2.24, 2.45) is 0 Å². The molecule has 6 nitrogen and oxygen atoms in total. The fraction of sp³-hybridized carbons (Fsp3) is 0.167. The molecular formula is C24H22N4O2. The Balaban J connectivity index is 1.62. The Labute approximate surface area is 174 Å². The molecular weight excluding hydrogens is 376 g/mol. The zero-order valence-corrected chi connectivity index (χ0v) is 16.9. The summed E-state index contributed by atoms with van der Waals surface area (Å²) in [5.41, 5.74) is 5.34. The van der Waals surface area contributed by atoms with Crippen LogP contribution in [-0.4, -0.2) is 20.6 Å². The molecule has 1 atom stereocenters. The van der Waals surface area contributed by atoms with Gasteiger partial charge in [0.2, 0.25) is 0 Å². The van der Waals surface area contributed by atoms with Crippen LogP contribution in [0.2, 0.25) is 0 Å². The summed E-state index contributed by atoms with van der Waals surface area (Å²) in [6.07, 6.45) is 1.28. The number of carbonyl (C=O) groups excluding carboxylic acids is 1. The third-order valence-electron chi connectivity index (χ3n) is 5.55. The first-order valence-corrected chi connectivity index (χ1v) is 9.94. The summed E-state index contributed by atoms with van der Waals surface area (Å²) in [7, 11) is 0. The summed E-state index contributed by atoms with van der Waals surface area (Å²) in [6, 6.07) is 21.4. The predicted octanol–water partition coefficient (Wildman–Crippen LogP) is 4.85. The maximum atomic E-state index is 13.4. The first-order chi connectivity index (χ1) is 14.6. The van der Waals surface area contributed by atoms with Crippen LogP contribution in [0, 0.1) is 13.8 Å².